The number of urea groups is 1. The summed E-state index contributed by atoms with van der Waals surface area (Å²) in [5.74, 6) is 0.189. The van der Waals surface area contributed by atoms with Crippen molar-refractivity contribution in [3.63, 3.8) is 0 Å². The Labute approximate surface area is 126 Å². The van der Waals surface area contributed by atoms with Gasteiger partial charge in [-0.3, -0.25) is 0 Å². The number of aliphatic hydroxyl groups is 1. The van der Waals surface area contributed by atoms with E-state index in [9.17, 15) is 9.90 Å². The summed E-state index contributed by atoms with van der Waals surface area (Å²) in [6, 6.07) is 8.07. The molecule has 1 aromatic rings. The number of nitrogens with zero attached hydrogens (tertiary/aromatic N) is 1. The van der Waals surface area contributed by atoms with Crippen molar-refractivity contribution < 1.29 is 9.90 Å². The van der Waals surface area contributed by atoms with Gasteiger partial charge in [0.15, 0.2) is 0 Å². The fourth-order valence-corrected chi connectivity index (χ4v) is 2.59. The van der Waals surface area contributed by atoms with Crippen molar-refractivity contribution in [2.75, 3.05) is 25.5 Å². The first-order chi connectivity index (χ1) is 10.0. The molecule has 0 bridgehead atoms. The van der Waals surface area contributed by atoms with Gasteiger partial charge in [0, 0.05) is 30.7 Å². The van der Waals surface area contributed by atoms with E-state index in [1.165, 1.54) is 5.56 Å². The first kappa shape index (κ1) is 15.8. The summed E-state index contributed by atoms with van der Waals surface area (Å²) in [6.45, 7) is 5.20. The highest BCUT2D eigenvalue weighted by Gasteiger charge is 2.28. The van der Waals surface area contributed by atoms with E-state index >= 15 is 0 Å². The summed E-state index contributed by atoms with van der Waals surface area (Å²) in [6.07, 6.45) is 0.508. The molecule has 1 saturated heterocycles. The number of nitrogens with one attached hydrogen (secondary N) is 2. The highest BCUT2D eigenvalue weighted by Crippen LogP contribution is 2.21. The molecule has 1 aliphatic rings. The molecule has 1 aliphatic heterocycles. The Morgan fingerprint density at radius 1 is 1.33 bits per heavy atom. The molecule has 3 N–H and O–H groups in total. The quantitative estimate of drug-likeness (QED) is 0.797. The smallest absolute Gasteiger partial charge is 0.321 e. The van der Waals surface area contributed by atoms with Crippen molar-refractivity contribution in [2.24, 2.45) is 5.92 Å². The predicted molar refractivity (Wildman–Crippen MR) is 84.3 cm³/mol. The number of hydrogen-bond acceptors (Lipinski definition) is 3. The number of likely N-dealkylation sites (tertiary alicyclic amines) is 1. The molecule has 21 heavy (non-hydrogen) atoms. The van der Waals surface area contributed by atoms with Crippen molar-refractivity contribution in [1.29, 1.82) is 0 Å². The predicted octanol–water partition coefficient (Wildman–Crippen LogP) is 2.20. The van der Waals surface area contributed by atoms with Gasteiger partial charge in [-0.2, -0.15) is 0 Å². The zero-order valence-corrected chi connectivity index (χ0v) is 13.0. The number of aliphatic hydroxyl groups excluding tert-OH is 1. The van der Waals surface area contributed by atoms with E-state index in [0.29, 0.717) is 19.1 Å². The van der Waals surface area contributed by atoms with Gasteiger partial charge in [0.05, 0.1) is 6.10 Å². The molecule has 0 aromatic heterocycles. The van der Waals surface area contributed by atoms with Gasteiger partial charge in [0.2, 0.25) is 0 Å². The molecule has 1 heterocycles. The highest BCUT2D eigenvalue weighted by molar-refractivity contribution is 5.89. The summed E-state index contributed by atoms with van der Waals surface area (Å²) in [5, 5.41) is 15.7. The molecular formula is C16H25N3O2. The molecule has 3 atom stereocenters. The maximum atomic E-state index is 12.2. The molecule has 0 spiro atoms. The minimum atomic E-state index is -0.356. The van der Waals surface area contributed by atoms with Crippen LogP contribution in [0.15, 0.2) is 24.3 Å². The summed E-state index contributed by atoms with van der Waals surface area (Å²) in [4.78, 5) is 13.9. The van der Waals surface area contributed by atoms with Crippen LogP contribution in [-0.2, 0) is 0 Å². The number of benzene rings is 1. The molecule has 2 rings (SSSR count). The van der Waals surface area contributed by atoms with Gasteiger partial charge in [-0.1, -0.05) is 12.1 Å². The first-order valence-electron chi connectivity index (χ1n) is 7.52. The molecule has 3 unspecified atom stereocenters. The average Bonchev–Trinajstić information content (AvgIpc) is 2.97. The molecular weight excluding hydrogens is 266 g/mol. The van der Waals surface area contributed by atoms with E-state index in [1.807, 2.05) is 31.3 Å². The Kier molecular flexibility index (Phi) is 5.20. The zero-order valence-electron chi connectivity index (χ0n) is 13.0. The molecule has 0 radical (unpaired) electrons. The van der Waals surface area contributed by atoms with Crippen molar-refractivity contribution in [3.8, 4) is 0 Å². The minimum Gasteiger partial charge on any atom is -0.393 e. The van der Waals surface area contributed by atoms with Crippen LogP contribution < -0.4 is 10.6 Å². The second-order valence-corrected chi connectivity index (χ2v) is 5.80. The average molecular weight is 291 g/mol. The molecule has 1 fully saturated rings. The van der Waals surface area contributed by atoms with Crippen molar-refractivity contribution >= 4 is 11.7 Å². The van der Waals surface area contributed by atoms with Gasteiger partial charge in [-0.15, -0.1) is 0 Å². The van der Waals surface area contributed by atoms with Crippen LogP contribution in [0.4, 0.5) is 10.5 Å². The third kappa shape index (κ3) is 3.95. The number of carbonyl (C=O) groups is 1. The lowest BCUT2D eigenvalue weighted by Gasteiger charge is -2.19. The zero-order chi connectivity index (χ0) is 15.4. The van der Waals surface area contributed by atoms with E-state index in [0.717, 1.165) is 12.1 Å². The van der Waals surface area contributed by atoms with Gasteiger partial charge in [0.1, 0.15) is 0 Å². The maximum absolute atomic E-state index is 12.2. The molecule has 2 amide bonds. The summed E-state index contributed by atoms with van der Waals surface area (Å²) in [7, 11) is 1.92. The molecule has 1 aromatic carbocycles. The van der Waals surface area contributed by atoms with Gasteiger partial charge in [0.25, 0.3) is 0 Å². The molecule has 0 saturated carbocycles. The number of hydrogen-bond donors (Lipinski definition) is 3. The second-order valence-electron chi connectivity index (χ2n) is 5.80. The number of carbonyl (C=O) groups excluding carboxylic acids is 1. The SMILES string of the molecule is CNC(C)c1ccc(NC(=O)N2CCC(C(C)O)C2)cc1. The topological polar surface area (TPSA) is 64.6 Å². The standard InChI is InChI=1S/C16H25N3O2/c1-11(17-3)13-4-6-15(7-5-13)18-16(21)19-9-8-14(10-19)12(2)20/h4-7,11-12,14,17,20H,8-10H2,1-3H3,(H,18,21). The largest absolute Gasteiger partial charge is 0.393 e. The van der Waals surface area contributed by atoms with Gasteiger partial charge < -0.3 is 20.6 Å². The van der Waals surface area contributed by atoms with E-state index in [2.05, 4.69) is 17.6 Å². The fraction of sp³-hybridized carbons (Fsp3) is 0.562. The molecule has 5 nitrogen and oxygen atoms in total. The molecule has 5 heteroatoms. The Bertz CT molecular complexity index is 473. The lowest BCUT2D eigenvalue weighted by molar-refractivity contribution is 0.130. The van der Waals surface area contributed by atoms with Gasteiger partial charge in [-0.05, 0) is 45.0 Å². The summed E-state index contributed by atoms with van der Waals surface area (Å²) < 4.78 is 0. The monoisotopic (exact) mass is 291 g/mol. The molecule has 116 valence electrons. The van der Waals surface area contributed by atoms with Crippen LogP contribution in [0, 0.1) is 5.92 Å². The fourth-order valence-electron chi connectivity index (χ4n) is 2.59. The van der Waals surface area contributed by atoms with Crippen molar-refractivity contribution in [3.05, 3.63) is 29.8 Å². The van der Waals surface area contributed by atoms with Crippen LogP contribution in [0.3, 0.4) is 0 Å². The number of rotatable bonds is 4. The number of amides is 2. The normalized spacial score (nSPS) is 21.1. The Balaban J connectivity index is 1.91. The summed E-state index contributed by atoms with van der Waals surface area (Å²) >= 11 is 0. The van der Waals surface area contributed by atoms with Crippen molar-refractivity contribution in [2.45, 2.75) is 32.4 Å². The highest BCUT2D eigenvalue weighted by atomic mass is 16.3. The Morgan fingerprint density at radius 2 is 2.00 bits per heavy atom. The van der Waals surface area contributed by atoms with Crippen LogP contribution >= 0.6 is 0 Å². The van der Waals surface area contributed by atoms with Crippen LogP contribution in [-0.4, -0.2) is 42.3 Å². The number of anilines is 1. The lowest BCUT2D eigenvalue weighted by atomic mass is 10.0. The molecule has 0 aliphatic carbocycles. The van der Waals surface area contributed by atoms with E-state index in [1.54, 1.807) is 11.8 Å². The van der Waals surface area contributed by atoms with Crippen LogP contribution in [0.1, 0.15) is 31.9 Å². The Hall–Kier alpha value is -1.59. The lowest BCUT2D eigenvalue weighted by Crippen LogP contribution is -2.34. The second kappa shape index (κ2) is 6.91. The van der Waals surface area contributed by atoms with Gasteiger partial charge >= 0.3 is 6.03 Å². The minimum absolute atomic E-state index is 0.0902. The van der Waals surface area contributed by atoms with Crippen LogP contribution in [0.2, 0.25) is 0 Å². The third-order valence-electron chi connectivity index (χ3n) is 4.29. The van der Waals surface area contributed by atoms with E-state index < -0.39 is 0 Å². The van der Waals surface area contributed by atoms with E-state index in [-0.39, 0.29) is 18.1 Å². The van der Waals surface area contributed by atoms with Crippen LogP contribution in [0.5, 0.6) is 0 Å². The van der Waals surface area contributed by atoms with Crippen molar-refractivity contribution in [1.82, 2.24) is 10.2 Å². The summed E-state index contributed by atoms with van der Waals surface area (Å²) in [5.41, 5.74) is 1.98. The van der Waals surface area contributed by atoms with E-state index in [4.69, 9.17) is 0 Å². The third-order valence-corrected chi connectivity index (χ3v) is 4.29. The van der Waals surface area contributed by atoms with Crippen LogP contribution in [0.25, 0.3) is 0 Å². The maximum Gasteiger partial charge on any atom is 0.321 e. The first-order valence-corrected chi connectivity index (χ1v) is 7.52. The van der Waals surface area contributed by atoms with Gasteiger partial charge in [-0.25, -0.2) is 4.79 Å². The Morgan fingerprint density at radius 3 is 2.52 bits per heavy atom.